The van der Waals surface area contributed by atoms with E-state index in [0.717, 1.165) is 22.2 Å². The molecule has 0 saturated heterocycles. The van der Waals surface area contributed by atoms with Gasteiger partial charge in [-0.15, -0.1) is 0 Å². The Hall–Kier alpha value is -0.550. The van der Waals surface area contributed by atoms with Crippen LogP contribution < -0.4 is 5.32 Å². The highest BCUT2D eigenvalue weighted by Crippen LogP contribution is 2.28. The van der Waals surface area contributed by atoms with Crippen LogP contribution in [0.5, 0.6) is 0 Å². The Morgan fingerprint density at radius 2 is 2.11 bits per heavy atom. The van der Waals surface area contributed by atoms with Crippen molar-refractivity contribution in [2.45, 2.75) is 12.5 Å². The molecule has 1 N–H and O–H groups in total. The average molecular weight is 363 g/mol. The number of nitrogens with one attached hydrogen (secondary N) is 1. The lowest BCUT2D eigenvalue weighted by Gasteiger charge is -2.17. The number of hydrogen-bond donors (Lipinski definition) is 1. The molecule has 2 aromatic rings. The van der Waals surface area contributed by atoms with Crippen LogP contribution in [0.3, 0.4) is 0 Å². The van der Waals surface area contributed by atoms with E-state index >= 15 is 0 Å². The Morgan fingerprint density at radius 3 is 2.63 bits per heavy atom. The number of halogens is 3. The van der Waals surface area contributed by atoms with Gasteiger partial charge < -0.3 is 5.32 Å². The Bertz CT molecular complexity index is 564. The summed E-state index contributed by atoms with van der Waals surface area (Å²) in [5.74, 6) is 0. The summed E-state index contributed by atoms with van der Waals surface area (Å²) in [5, 5.41) is 8.70. The molecule has 0 saturated carbocycles. The van der Waals surface area contributed by atoms with Gasteiger partial charge in [-0.25, -0.2) is 0 Å². The first-order chi connectivity index (χ1) is 9.02. The zero-order valence-corrected chi connectivity index (χ0v) is 13.7. The fourth-order valence-corrected chi connectivity index (χ4v) is 3.00. The SMILES string of the molecule is CNC(Cc1ccc(Cl)c(Cl)c1)c1c(Br)cnn1C. The van der Waals surface area contributed by atoms with E-state index in [1.165, 1.54) is 0 Å². The molecule has 0 amide bonds. The van der Waals surface area contributed by atoms with Crippen molar-refractivity contribution in [3.8, 4) is 0 Å². The molecular formula is C13H14BrCl2N3. The summed E-state index contributed by atoms with van der Waals surface area (Å²) in [6, 6.07) is 5.87. The molecule has 0 aliphatic heterocycles. The zero-order valence-electron chi connectivity index (χ0n) is 10.6. The largest absolute Gasteiger partial charge is 0.311 e. The monoisotopic (exact) mass is 361 g/mol. The van der Waals surface area contributed by atoms with Crippen LogP contribution in [0, 0.1) is 0 Å². The van der Waals surface area contributed by atoms with Crippen molar-refractivity contribution >= 4 is 39.1 Å². The summed E-state index contributed by atoms with van der Waals surface area (Å²) < 4.78 is 2.86. The third kappa shape index (κ3) is 3.31. The standard InChI is InChI=1S/C13H14BrCl2N3/c1-17-12(13-9(14)7-18-19(13)2)6-8-3-4-10(15)11(16)5-8/h3-5,7,12,17H,6H2,1-2H3. The molecule has 1 unspecified atom stereocenters. The van der Waals surface area contributed by atoms with Crippen molar-refractivity contribution < 1.29 is 0 Å². The topological polar surface area (TPSA) is 29.9 Å². The van der Waals surface area contributed by atoms with Crippen molar-refractivity contribution in [2.75, 3.05) is 7.05 Å². The second-order valence-corrected chi connectivity index (χ2v) is 5.96. The second-order valence-electron chi connectivity index (χ2n) is 4.30. The minimum Gasteiger partial charge on any atom is -0.311 e. The van der Waals surface area contributed by atoms with Crippen LogP contribution in [0.4, 0.5) is 0 Å². The molecule has 1 atom stereocenters. The number of aromatic nitrogens is 2. The molecule has 1 aromatic heterocycles. The van der Waals surface area contributed by atoms with Crippen LogP contribution in [-0.4, -0.2) is 16.8 Å². The smallest absolute Gasteiger partial charge is 0.0695 e. The average Bonchev–Trinajstić information content (AvgIpc) is 2.71. The molecule has 0 aliphatic rings. The number of aryl methyl sites for hydroxylation is 1. The fraction of sp³-hybridized carbons (Fsp3) is 0.308. The quantitative estimate of drug-likeness (QED) is 0.890. The summed E-state index contributed by atoms with van der Waals surface area (Å²) >= 11 is 15.5. The Morgan fingerprint density at radius 1 is 1.37 bits per heavy atom. The first kappa shape index (κ1) is 14.9. The highest BCUT2D eigenvalue weighted by molar-refractivity contribution is 9.10. The summed E-state index contributed by atoms with van der Waals surface area (Å²) in [4.78, 5) is 0. The van der Waals surface area contributed by atoms with Crippen molar-refractivity contribution in [3.05, 3.63) is 50.2 Å². The molecule has 1 aromatic carbocycles. The van der Waals surface area contributed by atoms with Gasteiger partial charge in [0.05, 0.1) is 32.5 Å². The molecule has 19 heavy (non-hydrogen) atoms. The summed E-state index contributed by atoms with van der Waals surface area (Å²) in [7, 11) is 3.86. The van der Waals surface area contributed by atoms with Crippen molar-refractivity contribution in [3.63, 3.8) is 0 Å². The van der Waals surface area contributed by atoms with Crippen molar-refractivity contribution in [1.29, 1.82) is 0 Å². The summed E-state index contributed by atoms with van der Waals surface area (Å²) in [6.07, 6.45) is 2.61. The summed E-state index contributed by atoms with van der Waals surface area (Å²) in [5.41, 5.74) is 2.23. The van der Waals surface area contributed by atoms with Gasteiger partial charge in [-0.2, -0.15) is 5.10 Å². The molecule has 2 rings (SSSR count). The predicted molar refractivity (Wildman–Crippen MR) is 82.9 cm³/mol. The van der Waals surface area contributed by atoms with Gasteiger partial charge >= 0.3 is 0 Å². The molecule has 0 aliphatic carbocycles. The minimum absolute atomic E-state index is 0.152. The van der Waals surface area contributed by atoms with Crippen LogP contribution in [0.2, 0.25) is 10.0 Å². The van der Waals surface area contributed by atoms with E-state index in [9.17, 15) is 0 Å². The maximum Gasteiger partial charge on any atom is 0.0695 e. The normalized spacial score (nSPS) is 12.7. The third-order valence-corrected chi connectivity index (χ3v) is 4.39. The second kappa shape index (κ2) is 6.27. The number of benzene rings is 1. The lowest BCUT2D eigenvalue weighted by atomic mass is 10.0. The van der Waals surface area contributed by atoms with Crippen LogP contribution in [0.25, 0.3) is 0 Å². The number of hydrogen-bond acceptors (Lipinski definition) is 2. The van der Waals surface area contributed by atoms with E-state index < -0.39 is 0 Å². The minimum atomic E-state index is 0.152. The number of likely N-dealkylation sites (N-methyl/N-ethyl adjacent to an activating group) is 1. The van der Waals surface area contributed by atoms with Crippen LogP contribution in [0.15, 0.2) is 28.9 Å². The van der Waals surface area contributed by atoms with Gasteiger partial charge in [-0.3, -0.25) is 4.68 Å². The van der Waals surface area contributed by atoms with Gasteiger partial charge in [0.25, 0.3) is 0 Å². The predicted octanol–water partition coefficient (Wildman–Crippen LogP) is 3.99. The fourth-order valence-electron chi connectivity index (χ4n) is 2.05. The van der Waals surface area contributed by atoms with Gasteiger partial charge in [0, 0.05) is 7.05 Å². The molecule has 0 radical (unpaired) electrons. The van der Waals surface area contributed by atoms with Crippen molar-refractivity contribution in [1.82, 2.24) is 15.1 Å². The molecule has 3 nitrogen and oxygen atoms in total. The molecule has 102 valence electrons. The Balaban J connectivity index is 2.26. The zero-order chi connectivity index (χ0) is 14.0. The third-order valence-electron chi connectivity index (χ3n) is 3.04. The molecule has 1 heterocycles. The molecule has 0 spiro atoms. The van der Waals surface area contributed by atoms with E-state index in [0.29, 0.717) is 10.0 Å². The molecular weight excluding hydrogens is 349 g/mol. The Labute approximate surface area is 131 Å². The van der Waals surface area contributed by atoms with Crippen molar-refractivity contribution in [2.24, 2.45) is 7.05 Å². The van der Waals surface area contributed by atoms with Crippen LogP contribution in [-0.2, 0) is 13.5 Å². The van der Waals surface area contributed by atoms with Gasteiger partial charge in [0.2, 0.25) is 0 Å². The lowest BCUT2D eigenvalue weighted by molar-refractivity contribution is 0.535. The number of rotatable bonds is 4. The lowest BCUT2D eigenvalue weighted by Crippen LogP contribution is -2.22. The maximum atomic E-state index is 6.05. The van der Waals surface area contributed by atoms with E-state index in [-0.39, 0.29) is 6.04 Å². The van der Waals surface area contributed by atoms with E-state index in [1.54, 1.807) is 6.20 Å². The maximum absolute atomic E-state index is 6.05. The van der Waals surface area contributed by atoms with E-state index in [2.05, 4.69) is 26.3 Å². The summed E-state index contributed by atoms with van der Waals surface area (Å²) in [6.45, 7) is 0. The first-order valence-electron chi connectivity index (χ1n) is 5.81. The highest BCUT2D eigenvalue weighted by atomic mass is 79.9. The molecule has 0 bridgehead atoms. The number of nitrogens with zero attached hydrogens (tertiary/aromatic N) is 2. The van der Waals surface area contributed by atoms with Gasteiger partial charge in [0.15, 0.2) is 0 Å². The molecule has 6 heteroatoms. The van der Waals surface area contributed by atoms with Crippen LogP contribution in [0.1, 0.15) is 17.3 Å². The highest BCUT2D eigenvalue weighted by Gasteiger charge is 2.18. The van der Waals surface area contributed by atoms with Crippen LogP contribution >= 0.6 is 39.1 Å². The van der Waals surface area contributed by atoms with Gasteiger partial charge in [-0.1, -0.05) is 29.3 Å². The Kier molecular flexibility index (Phi) is 4.90. The first-order valence-corrected chi connectivity index (χ1v) is 7.36. The van der Waals surface area contributed by atoms with Gasteiger partial charge in [0.1, 0.15) is 0 Å². The van der Waals surface area contributed by atoms with Gasteiger partial charge in [-0.05, 0) is 47.1 Å². The molecule has 0 fully saturated rings. The van der Waals surface area contributed by atoms with E-state index in [1.807, 2.05) is 37.0 Å². The van der Waals surface area contributed by atoms with E-state index in [4.69, 9.17) is 23.2 Å².